The van der Waals surface area contributed by atoms with Crippen LogP contribution in [0, 0.1) is 18.8 Å². The zero-order valence-corrected chi connectivity index (χ0v) is 12.7. The number of carbonyl (C=O) groups excluding carboxylic acids is 1. The summed E-state index contributed by atoms with van der Waals surface area (Å²) < 4.78 is 0. The van der Waals surface area contributed by atoms with Crippen LogP contribution in [0.1, 0.15) is 37.8 Å². The topological polar surface area (TPSA) is 54.4 Å². The van der Waals surface area contributed by atoms with Gasteiger partial charge in [-0.15, -0.1) is 0 Å². The Hall–Kier alpha value is -1.35. The predicted molar refractivity (Wildman–Crippen MR) is 78.1 cm³/mol. The summed E-state index contributed by atoms with van der Waals surface area (Å²) in [5.74, 6) is -2.03. The summed E-state index contributed by atoms with van der Waals surface area (Å²) >= 11 is 6.16. The van der Waals surface area contributed by atoms with E-state index in [1.165, 1.54) is 0 Å². The van der Waals surface area contributed by atoms with E-state index in [0.29, 0.717) is 17.9 Å². The quantitative estimate of drug-likeness (QED) is 0.848. The van der Waals surface area contributed by atoms with E-state index in [-0.39, 0.29) is 11.7 Å². The summed E-state index contributed by atoms with van der Waals surface area (Å²) in [6, 6.07) is 5.58. The van der Waals surface area contributed by atoms with E-state index in [1.807, 2.05) is 32.9 Å². The summed E-state index contributed by atoms with van der Waals surface area (Å²) in [5.41, 5.74) is 1.08. The number of Topliss-reactive ketones (excluding diaryl/α,β-unsaturated/α-hetero) is 1. The molecule has 1 aromatic rings. The molecule has 0 aromatic heterocycles. The standard InChI is InChI=1S/C16H19ClO3/c1-9-6-13(18)14(15(19)20)16(3,8-9)11-5-4-10(2)12(17)7-11/h4-5,7,9,14H,6,8H2,1-3H3,(H,19,20). The molecule has 1 fully saturated rings. The molecule has 0 spiro atoms. The Morgan fingerprint density at radius 2 is 2.10 bits per heavy atom. The lowest BCUT2D eigenvalue weighted by atomic mass is 9.60. The van der Waals surface area contributed by atoms with Crippen molar-refractivity contribution in [3.8, 4) is 0 Å². The average Bonchev–Trinajstić information content (AvgIpc) is 2.30. The predicted octanol–water partition coefficient (Wildman–Crippen LogP) is 3.61. The minimum Gasteiger partial charge on any atom is -0.481 e. The molecule has 1 aliphatic rings. The van der Waals surface area contributed by atoms with Gasteiger partial charge < -0.3 is 5.11 Å². The molecule has 1 aliphatic carbocycles. The fraction of sp³-hybridized carbons (Fsp3) is 0.500. The average molecular weight is 295 g/mol. The third-order valence-electron chi connectivity index (χ3n) is 4.36. The minimum atomic E-state index is -1.04. The molecular formula is C16H19ClO3. The number of hydrogen-bond acceptors (Lipinski definition) is 2. The maximum Gasteiger partial charge on any atom is 0.314 e. The molecule has 2 rings (SSSR count). The molecule has 3 unspecified atom stereocenters. The van der Waals surface area contributed by atoms with Gasteiger partial charge in [-0.2, -0.15) is 0 Å². The Balaban J connectivity index is 2.54. The third-order valence-corrected chi connectivity index (χ3v) is 4.77. The van der Waals surface area contributed by atoms with Crippen LogP contribution in [0.25, 0.3) is 0 Å². The minimum absolute atomic E-state index is 0.183. The van der Waals surface area contributed by atoms with Crippen molar-refractivity contribution >= 4 is 23.4 Å². The second-order valence-corrected chi connectivity index (χ2v) is 6.54. The first-order valence-corrected chi connectivity index (χ1v) is 7.15. The molecular weight excluding hydrogens is 276 g/mol. The summed E-state index contributed by atoms with van der Waals surface area (Å²) in [5, 5.41) is 10.1. The highest BCUT2D eigenvalue weighted by molar-refractivity contribution is 6.31. The van der Waals surface area contributed by atoms with E-state index in [1.54, 1.807) is 6.07 Å². The molecule has 108 valence electrons. The van der Waals surface area contributed by atoms with Gasteiger partial charge in [-0.1, -0.05) is 37.6 Å². The molecule has 1 saturated carbocycles. The molecule has 0 radical (unpaired) electrons. The first-order chi connectivity index (χ1) is 9.25. The Kier molecular flexibility index (Phi) is 3.92. The first-order valence-electron chi connectivity index (χ1n) is 6.78. The molecule has 0 amide bonds. The van der Waals surface area contributed by atoms with Gasteiger partial charge in [0.25, 0.3) is 0 Å². The Labute approximate surface area is 123 Å². The van der Waals surface area contributed by atoms with E-state index < -0.39 is 17.3 Å². The van der Waals surface area contributed by atoms with Crippen molar-refractivity contribution in [1.82, 2.24) is 0 Å². The zero-order chi connectivity index (χ0) is 15.1. The number of benzene rings is 1. The number of carboxylic acids is 1. The van der Waals surface area contributed by atoms with Gasteiger partial charge in [-0.3, -0.25) is 9.59 Å². The van der Waals surface area contributed by atoms with E-state index >= 15 is 0 Å². The van der Waals surface area contributed by atoms with Gasteiger partial charge in [0.15, 0.2) is 0 Å². The Morgan fingerprint density at radius 1 is 1.45 bits per heavy atom. The lowest BCUT2D eigenvalue weighted by molar-refractivity contribution is -0.151. The van der Waals surface area contributed by atoms with Crippen LogP contribution in [-0.2, 0) is 15.0 Å². The van der Waals surface area contributed by atoms with E-state index in [0.717, 1.165) is 11.1 Å². The molecule has 1 N–H and O–H groups in total. The summed E-state index contributed by atoms with van der Waals surface area (Å²) in [6.45, 7) is 5.75. The molecule has 3 nitrogen and oxygen atoms in total. The van der Waals surface area contributed by atoms with Crippen LogP contribution in [0.5, 0.6) is 0 Å². The van der Waals surface area contributed by atoms with Crippen LogP contribution < -0.4 is 0 Å². The molecule has 1 aromatic carbocycles. The van der Waals surface area contributed by atoms with Crippen LogP contribution in [0.4, 0.5) is 0 Å². The van der Waals surface area contributed by atoms with Crippen molar-refractivity contribution in [3.63, 3.8) is 0 Å². The largest absolute Gasteiger partial charge is 0.481 e. The van der Waals surface area contributed by atoms with Gasteiger partial charge in [0.1, 0.15) is 11.7 Å². The molecule has 0 bridgehead atoms. The highest BCUT2D eigenvalue weighted by Gasteiger charge is 2.49. The summed E-state index contributed by atoms with van der Waals surface area (Å²) in [7, 11) is 0. The number of carboxylic acid groups (broad SMARTS) is 1. The number of halogens is 1. The SMILES string of the molecule is Cc1ccc(C2(C)CC(C)CC(=O)C2C(=O)O)cc1Cl. The van der Waals surface area contributed by atoms with Gasteiger partial charge in [0, 0.05) is 16.9 Å². The lowest BCUT2D eigenvalue weighted by Gasteiger charge is -2.41. The fourth-order valence-electron chi connectivity index (χ4n) is 3.37. The number of carbonyl (C=O) groups is 2. The Bertz CT molecular complexity index is 567. The molecule has 4 heteroatoms. The van der Waals surface area contributed by atoms with Crippen LogP contribution >= 0.6 is 11.6 Å². The highest BCUT2D eigenvalue weighted by atomic mass is 35.5. The highest BCUT2D eigenvalue weighted by Crippen LogP contribution is 2.45. The van der Waals surface area contributed by atoms with Crippen molar-refractivity contribution in [3.05, 3.63) is 34.3 Å². The van der Waals surface area contributed by atoms with Crippen LogP contribution in [0.3, 0.4) is 0 Å². The number of rotatable bonds is 2. The fourth-order valence-corrected chi connectivity index (χ4v) is 3.55. The van der Waals surface area contributed by atoms with E-state index in [9.17, 15) is 14.7 Å². The molecule has 3 atom stereocenters. The van der Waals surface area contributed by atoms with Gasteiger partial charge in [0.2, 0.25) is 0 Å². The van der Waals surface area contributed by atoms with Crippen LogP contribution in [0.15, 0.2) is 18.2 Å². The third kappa shape index (κ3) is 2.47. The van der Waals surface area contributed by atoms with Crippen molar-refractivity contribution in [2.24, 2.45) is 11.8 Å². The number of aryl methyl sites for hydroxylation is 1. The molecule has 0 aliphatic heterocycles. The second kappa shape index (κ2) is 5.21. The van der Waals surface area contributed by atoms with Crippen LogP contribution in [-0.4, -0.2) is 16.9 Å². The Morgan fingerprint density at radius 3 is 2.65 bits per heavy atom. The van der Waals surface area contributed by atoms with Gasteiger partial charge in [-0.25, -0.2) is 0 Å². The van der Waals surface area contributed by atoms with E-state index in [4.69, 9.17) is 11.6 Å². The van der Waals surface area contributed by atoms with Crippen molar-refractivity contribution < 1.29 is 14.7 Å². The first kappa shape index (κ1) is 15.0. The maximum atomic E-state index is 12.2. The second-order valence-electron chi connectivity index (χ2n) is 6.13. The number of ketones is 1. The number of aliphatic carboxylic acids is 1. The van der Waals surface area contributed by atoms with Gasteiger partial charge in [-0.05, 0) is 36.5 Å². The smallest absolute Gasteiger partial charge is 0.314 e. The lowest BCUT2D eigenvalue weighted by Crippen LogP contribution is -2.47. The zero-order valence-electron chi connectivity index (χ0n) is 11.9. The summed E-state index contributed by atoms with van der Waals surface area (Å²) in [4.78, 5) is 23.7. The van der Waals surface area contributed by atoms with E-state index in [2.05, 4.69) is 0 Å². The van der Waals surface area contributed by atoms with Crippen molar-refractivity contribution in [2.45, 2.75) is 39.0 Å². The van der Waals surface area contributed by atoms with Crippen molar-refractivity contribution in [2.75, 3.05) is 0 Å². The molecule has 0 heterocycles. The normalized spacial score (nSPS) is 30.3. The van der Waals surface area contributed by atoms with Gasteiger partial charge in [0.05, 0.1) is 0 Å². The molecule has 0 saturated heterocycles. The van der Waals surface area contributed by atoms with Crippen molar-refractivity contribution in [1.29, 1.82) is 0 Å². The number of hydrogen-bond donors (Lipinski definition) is 1. The summed E-state index contributed by atoms with van der Waals surface area (Å²) in [6.07, 6.45) is 1.02. The van der Waals surface area contributed by atoms with Crippen LogP contribution in [0.2, 0.25) is 5.02 Å². The monoisotopic (exact) mass is 294 g/mol. The van der Waals surface area contributed by atoms with Gasteiger partial charge >= 0.3 is 5.97 Å². The maximum absolute atomic E-state index is 12.2. The molecule has 20 heavy (non-hydrogen) atoms.